The van der Waals surface area contributed by atoms with Crippen LogP contribution in [0.25, 0.3) is 11.0 Å². The van der Waals surface area contributed by atoms with Gasteiger partial charge in [-0.15, -0.1) is 0 Å². The van der Waals surface area contributed by atoms with Gasteiger partial charge in [0.15, 0.2) is 5.82 Å². The molecule has 0 aliphatic heterocycles. The minimum Gasteiger partial charge on any atom is -0.461 e. The van der Waals surface area contributed by atoms with Crippen LogP contribution < -0.4 is 0 Å². The molecule has 0 saturated heterocycles. The molecule has 1 aromatic carbocycles. The van der Waals surface area contributed by atoms with Crippen LogP contribution in [0.4, 0.5) is 4.39 Å². The molecular formula is C8H5FO. The normalized spacial score (nSPS) is 10.5. The molecule has 0 unspecified atom stereocenters. The molecule has 0 saturated carbocycles. The third-order valence-corrected chi connectivity index (χ3v) is 1.43. The van der Waals surface area contributed by atoms with Crippen LogP contribution in [0.1, 0.15) is 0 Å². The van der Waals surface area contributed by atoms with Gasteiger partial charge < -0.3 is 4.42 Å². The summed E-state index contributed by atoms with van der Waals surface area (Å²) in [6, 6.07) is 7.01. The predicted octanol–water partition coefficient (Wildman–Crippen LogP) is 2.57. The van der Waals surface area contributed by atoms with E-state index < -0.39 is 0 Å². The molecule has 1 aromatic heterocycles. The summed E-state index contributed by atoms with van der Waals surface area (Å²) in [5, 5.41) is 0.544. The monoisotopic (exact) mass is 136 g/mol. The van der Waals surface area contributed by atoms with E-state index in [9.17, 15) is 4.39 Å². The Hall–Kier alpha value is -1.31. The lowest BCUT2D eigenvalue weighted by atomic mass is 10.2. The highest BCUT2D eigenvalue weighted by Crippen LogP contribution is 2.17. The molecule has 0 aliphatic carbocycles. The molecule has 0 aliphatic rings. The standard InChI is InChI=1S/C8H5FO/c9-7-5-10-8-4-2-1-3-6(7)8/h1-5H. The Labute approximate surface area is 57.1 Å². The molecule has 2 rings (SSSR count). The number of hydrogen-bond donors (Lipinski definition) is 0. The molecular weight excluding hydrogens is 131 g/mol. The second kappa shape index (κ2) is 1.84. The van der Waals surface area contributed by atoms with Crippen molar-refractivity contribution in [2.75, 3.05) is 0 Å². The average molecular weight is 136 g/mol. The number of rotatable bonds is 0. The summed E-state index contributed by atoms with van der Waals surface area (Å²) in [5.74, 6) is -0.296. The van der Waals surface area contributed by atoms with E-state index in [0.29, 0.717) is 11.0 Å². The van der Waals surface area contributed by atoms with E-state index in [1.54, 1.807) is 18.2 Å². The highest BCUT2D eigenvalue weighted by Gasteiger charge is 2.01. The molecule has 0 radical (unpaired) electrons. The highest BCUT2D eigenvalue weighted by molar-refractivity contribution is 5.77. The molecule has 0 N–H and O–H groups in total. The first kappa shape index (κ1) is 5.47. The van der Waals surface area contributed by atoms with Crippen molar-refractivity contribution in [3.8, 4) is 0 Å². The van der Waals surface area contributed by atoms with Crippen molar-refractivity contribution >= 4 is 11.0 Å². The average Bonchev–Trinajstić information content (AvgIpc) is 2.34. The lowest BCUT2D eigenvalue weighted by Crippen LogP contribution is -1.64. The van der Waals surface area contributed by atoms with Crippen molar-refractivity contribution in [1.82, 2.24) is 0 Å². The quantitative estimate of drug-likeness (QED) is 0.542. The fourth-order valence-electron chi connectivity index (χ4n) is 0.945. The van der Waals surface area contributed by atoms with E-state index >= 15 is 0 Å². The van der Waals surface area contributed by atoms with E-state index in [0.717, 1.165) is 6.26 Å². The van der Waals surface area contributed by atoms with E-state index in [4.69, 9.17) is 4.42 Å². The van der Waals surface area contributed by atoms with Crippen LogP contribution in [0.5, 0.6) is 0 Å². The summed E-state index contributed by atoms with van der Waals surface area (Å²) in [4.78, 5) is 0. The summed E-state index contributed by atoms with van der Waals surface area (Å²) in [6.45, 7) is 0. The molecule has 2 aromatic rings. The van der Waals surface area contributed by atoms with Crippen LogP contribution in [0.2, 0.25) is 0 Å². The fourth-order valence-corrected chi connectivity index (χ4v) is 0.945. The first-order chi connectivity index (χ1) is 4.88. The number of benzene rings is 1. The smallest absolute Gasteiger partial charge is 0.169 e. The lowest BCUT2D eigenvalue weighted by Gasteiger charge is -1.82. The van der Waals surface area contributed by atoms with Gasteiger partial charge in [-0.1, -0.05) is 12.1 Å². The Morgan fingerprint density at radius 1 is 1.20 bits per heavy atom. The van der Waals surface area contributed by atoms with Gasteiger partial charge in [0, 0.05) is 0 Å². The third kappa shape index (κ3) is 0.620. The predicted molar refractivity (Wildman–Crippen MR) is 36.2 cm³/mol. The van der Waals surface area contributed by atoms with Crippen LogP contribution >= 0.6 is 0 Å². The van der Waals surface area contributed by atoms with E-state index in [1.807, 2.05) is 6.07 Å². The molecule has 0 atom stereocenters. The van der Waals surface area contributed by atoms with Gasteiger partial charge in [-0.2, -0.15) is 0 Å². The fraction of sp³-hybridized carbons (Fsp3) is 0. The molecule has 2 heteroatoms. The van der Waals surface area contributed by atoms with Crippen LogP contribution in [0.3, 0.4) is 0 Å². The van der Waals surface area contributed by atoms with Gasteiger partial charge in [0.05, 0.1) is 5.39 Å². The van der Waals surface area contributed by atoms with E-state index in [2.05, 4.69) is 0 Å². The Bertz CT molecular complexity index is 351. The van der Waals surface area contributed by atoms with Crippen molar-refractivity contribution in [2.24, 2.45) is 0 Å². The second-order valence-corrected chi connectivity index (χ2v) is 2.08. The molecule has 0 spiro atoms. The van der Waals surface area contributed by atoms with Gasteiger partial charge in [0.2, 0.25) is 0 Å². The van der Waals surface area contributed by atoms with Gasteiger partial charge in [-0.05, 0) is 12.1 Å². The topological polar surface area (TPSA) is 13.1 Å². The Morgan fingerprint density at radius 2 is 2.00 bits per heavy atom. The highest BCUT2D eigenvalue weighted by atomic mass is 19.1. The van der Waals surface area contributed by atoms with Gasteiger partial charge in [0.25, 0.3) is 0 Å². The summed E-state index contributed by atoms with van der Waals surface area (Å²) >= 11 is 0. The van der Waals surface area contributed by atoms with Crippen molar-refractivity contribution in [3.63, 3.8) is 0 Å². The Kier molecular flexibility index (Phi) is 1.01. The molecule has 50 valence electrons. The van der Waals surface area contributed by atoms with Crippen molar-refractivity contribution in [3.05, 3.63) is 36.3 Å². The molecule has 0 bridgehead atoms. The third-order valence-electron chi connectivity index (χ3n) is 1.43. The SMILES string of the molecule is Fc1coc2ccccc12. The van der Waals surface area contributed by atoms with Crippen LogP contribution in [0, 0.1) is 5.82 Å². The van der Waals surface area contributed by atoms with E-state index in [-0.39, 0.29) is 5.82 Å². The zero-order chi connectivity index (χ0) is 6.97. The van der Waals surface area contributed by atoms with Crippen LogP contribution in [-0.2, 0) is 0 Å². The van der Waals surface area contributed by atoms with Crippen molar-refractivity contribution < 1.29 is 8.81 Å². The minimum atomic E-state index is -0.296. The first-order valence-electron chi connectivity index (χ1n) is 2.99. The van der Waals surface area contributed by atoms with Gasteiger partial charge in [0.1, 0.15) is 11.8 Å². The maximum absolute atomic E-state index is 12.7. The second-order valence-electron chi connectivity index (χ2n) is 2.08. The maximum atomic E-state index is 12.7. The molecule has 1 heterocycles. The minimum absolute atomic E-state index is 0.296. The van der Waals surface area contributed by atoms with Crippen molar-refractivity contribution in [1.29, 1.82) is 0 Å². The zero-order valence-corrected chi connectivity index (χ0v) is 5.17. The molecule has 10 heavy (non-hydrogen) atoms. The largest absolute Gasteiger partial charge is 0.461 e. The van der Waals surface area contributed by atoms with Gasteiger partial charge in [-0.3, -0.25) is 0 Å². The number of furan rings is 1. The van der Waals surface area contributed by atoms with Crippen LogP contribution in [0.15, 0.2) is 34.9 Å². The molecule has 1 nitrogen and oxygen atoms in total. The number of fused-ring (bicyclic) bond motifs is 1. The summed E-state index contributed by atoms with van der Waals surface area (Å²) in [7, 11) is 0. The molecule has 0 fully saturated rings. The van der Waals surface area contributed by atoms with Crippen LogP contribution in [-0.4, -0.2) is 0 Å². The summed E-state index contributed by atoms with van der Waals surface area (Å²) in [5.41, 5.74) is 0.597. The zero-order valence-electron chi connectivity index (χ0n) is 5.17. The van der Waals surface area contributed by atoms with Gasteiger partial charge >= 0.3 is 0 Å². The number of para-hydroxylation sites is 1. The Balaban J connectivity index is 2.93. The number of halogens is 1. The summed E-state index contributed by atoms with van der Waals surface area (Å²) in [6.07, 6.45) is 1.12. The van der Waals surface area contributed by atoms with Crippen molar-refractivity contribution in [2.45, 2.75) is 0 Å². The van der Waals surface area contributed by atoms with E-state index in [1.165, 1.54) is 0 Å². The molecule has 0 amide bonds. The lowest BCUT2D eigenvalue weighted by molar-refractivity contribution is 0.558. The Morgan fingerprint density at radius 3 is 2.80 bits per heavy atom. The van der Waals surface area contributed by atoms with Gasteiger partial charge in [-0.25, -0.2) is 4.39 Å². The summed E-state index contributed by atoms with van der Waals surface area (Å²) < 4.78 is 17.5. The maximum Gasteiger partial charge on any atom is 0.169 e. The first-order valence-corrected chi connectivity index (χ1v) is 2.99. The number of hydrogen-bond acceptors (Lipinski definition) is 1.